The topological polar surface area (TPSA) is 55.1 Å². The number of amides is 1. The van der Waals surface area contributed by atoms with Gasteiger partial charge in [0, 0.05) is 17.9 Å². The number of carbonyl (C=O) groups is 1. The third-order valence-corrected chi connectivity index (χ3v) is 4.43. The van der Waals surface area contributed by atoms with Gasteiger partial charge >= 0.3 is 0 Å². The molecule has 2 rings (SSSR count). The van der Waals surface area contributed by atoms with Crippen molar-refractivity contribution < 1.29 is 9.21 Å². The van der Waals surface area contributed by atoms with Crippen molar-refractivity contribution in [2.75, 3.05) is 12.3 Å². The van der Waals surface area contributed by atoms with Gasteiger partial charge in [0.1, 0.15) is 5.76 Å². The van der Waals surface area contributed by atoms with Crippen molar-refractivity contribution in [1.82, 2.24) is 10.3 Å². The van der Waals surface area contributed by atoms with E-state index in [9.17, 15) is 4.79 Å². The Bertz CT molecular complexity index is 652. The number of aryl methyl sites for hydroxylation is 2. The summed E-state index contributed by atoms with van der Waals surface area (Å²) in [6.45, 7) is 6.84. The molecule has 1 heterocycles. The second-order valence-electron chi connectivity index (χ2n) is 5.59. The number of nitrogens with one attached hydrogen (secondary N) is 1. The van der Waals surface area contributed by atoms with Crippen LogP contribution in [0.15, 0.2) is 28.7 Å². The predicted octanol–water partition coefficient (Wildman–Crippen LogP) is 4.11. The van der Waals surface area contributed by atoms with Crippen molar-refractivity contribution in [1.29, 1.82) is 0 Å². The molecule has 1 aromatic carbocycles. The van der Waals surface area contributed by atoms with Gasteiger partial charge < -0.3 is 9.73 Å². The molecule has 0 spiro atoms. The third-order valence-electron chi connectivity index (χ3n) is 3.48. The average Bonchev–Trinajstić information content (AvgIpc) is 2.89. The van der Waals surface area contributed by atoms with E-state index >= 15 is 0 Å². The molecular weight excluding hydrogens is 308 g/mol. The van der Waals surface area contributed by atoms with Gasteiger partial charge in [-0.1, -0.05) is 31.0 Å². The highest BCUT2D eigenvalue weighted by Crippen LogP contribution is 2.24. The van der Waals surface area contributed by atoms with Gasteiger partial charge in [-0.3, -0.25) is 4.79 Å². The van der Waals surface area contributed by atoms with Crippen LogP contribution in [0, 0.1) is 13.8 Å². The molecule has 23 heavy (non-hydrogen) atoms. The Balaban J connectivity index is 1.88. The van der Waals surface area contributed by atoms with Gasteiger partial charge in [0.2, 0.25) is 11.8 Å². The molecule has 5 heteroatoms. The quantitative estimate of drug-likeness (QED) is 0.739. The van der Waals surface area contributed by atoms with E-state index in [-0.39, 0.29) is 5.91 Å². The maximum Gasteiger partial charge on any atom is 0.230 e. The summed E-state index contributed by atoms with van der Waals surface area (Å²) in [6, 6.07) is 8.10. The molecular formula is C18H24N2O2S. The highest BCUT2D eigenvalue weighted by atomic mass is 32.2. The van der Waals surface area contributed by atoms with Gasteiger partial charge in [0.25, 0.3) is 0 Å². The second kappa shape index (κ2) is 8.77. The number of unbranched alkanes of at least 4 members (excludes halogenated alkanes) is 1. The average molecular weight is 332 g/mol. The van der Waals surface area contributed by atoms with Crippen LogP contribution in [0.3, 0.4) is 0 Å². The summed E-state index contributed by atoms with van der Waals surface area (Å²) in [7, 11) is 0. The predicted molar refractivity (Wildman–Crippen MR) is 95.5 cm³/mol. The van der Waals surface area contributed by atoms with Gasteiger partial charge in [0.05, 0.1) is 11.4 Å². The minimum Gasteiger partial charge on any atom is -0.441 e. The van der Waals surface area contributed by atoms with Gasteiger partial charge in [0.15, 0.2) is 0 Å². The Morgan fingerprint density at radius 2 is 2.17 bits per heavy atom. The first kappa shape index (κ1) is 17.6. The number of hydrogen-bond acceptors (Lipinski definition) is 4. The number of thioether (sulfide) groups is 1. The maximum atomic E-state index is 11.7. The van der Waals surface area contributed by atoms with Crippen LogP contribution in [0.1, 0.15) is 36.8 Å². The fraction of sp³-hybridized carbons (Fsp3) is 0.444. The minimum absolute atomic E-state index is 0.0866. The number of nitrogens with zero attached hydrogens (tertiary/aromatic N) is 1. The molecule has 0 atom stereocenters. The molecule has 1 aromatic heterocycles. The normalized spacial score (nSPS) is 10.7. The lowest BCUT2D eigenvalue weighted by Gasteiger charge is -2.03. The van der Waals surface area contributed by atoms with E-state index in [0.29, 0.717) is 17.4 Å². The molecule has 124 valence electrons. The zero-order chi connectivity index (χ0) is 16.7. The van der Waals surface area contributed by atoms with Crippen molar-refractivity contribution in [2.45, 2.75) is 39.4 Å². The molecule has 0 aliphatic rings. The van der Waals surface area contributed by atoms with Crippen molar-refractivity contribution in [3.63, 3.8) is 0 Å². The molecule has 0 saturated carbocycles. The third kappa shape index (κ3) is 5.43. The summed E-state index contributed by atoms with van der Waals surface area (Å²) >= 11 is 1.56. The van der Waals surface area contributed by atoms with Crippen LogP contribution in [0.5, 0.6) is 0 Å². The monoisotopic (exact) mass is 332 g/mol. The Kier molecular flexibility index (Phi) is 6.71. The van der Waals surface area contributed by atoms with E-state index in [4.69, 9.17) is 4.42 Å². The Morgan fingerprint density at radius 1 is 1.35 bits per heavy atom. The standard InChI is InChI=1S/C18H24N2O2S/c1-4-5-9-19-17(21)12-23-11-16-14(3)22-18(20-16)15-8-6-7-13(2)10-15/h6-8,10H,4-5,9,11-12H2,1-3H3,(H,19,21). The van der Waals surface area contributed by atoms with E-state index in [1.807, 2.05) is 32.0 Å². The van der Waals surface area contributed by atoms with Crippen LogP contribution in [-0.2, 0) is 10.5 Å². The first-order chi connectivity index (χ1) is 11.1. The fourth-order valence-electron chi connectivity index (χ4n) is 2.16. The molecule has 2 aromatic rings. The number of rotatable bonds is 8. The number of oxazole rings is 1. The highest BCUT2D eigenvalue weighted by Gasteiger charge is 2.12. The van der Waals surface area contributed by atoms with Crippen LogP contribution < -0.4 is 5.32 Å². The number of hydrogen-bond donors (Lipinski definition) is 1. The molecule has 1 N–H and O–H groups in total. The molecule has 4 nitrogen and oxygen atoms in total. The van der Waals surface area contributed by atoms with Crippen molar-refractivity contribution in [2.24, 2.45) is 0 Å². The summed E-state index contributed by atoms with van der Waals surface area (Å²) in [6.07, 6.45) is 2.12. The smallest absolute Gasteiger partial charge is 0.230 e. The number of benzene rings is 1. The van der Waals surface area contributed by atoms with E-state index in [2.05, 4.69) is 23.3 Å². The first-order valence-electron chi connectivity index (χ1n) is 7.98. The minimum atomic E-state index is 0.0866. The van der Waals surface area contributed by atoms with Crippen LogP contribution in [-0.4, -0.2) is 23.2 Å². The molecule has 0 unspecified atom stereocenters. The highest BCUT2D eigenvalue weighted by molar-refractivity contribution is 7.99. The van der Waals surface area contributed by atoms with Crippen LogP contribution in [0.4, 0.5) is 0 Å². The Morgan fingerprint density at radius 3 is 2.91 bits per heavy atom. The zero-order valence-corrected chi connectivity index (χ0v) is 14.8. The van der Waals surface area contributed by atoms with E-state index in [0.717, 1.165) is 36.4 Å². The van der Waals surface area contributed by atoms with Gasteiger partial charge in [-0.2, -0.15) is 0 Å². The molecule has 0 fully saturated rings. The van der Waals surface area contributed by atoms with Gasteiger partial charge in [-0.15, -0.1) is 11.8 Å². The van der Waals surface area contributed by atoms with E-state index in [1.54, 1.807) is 11.8 Å². The fourth-order valence-corrected chi connectivity index (χ4v) is 3.01. The second-order valence-corrected chi connectivity index (χ2v) is 6.57. The number of aromatic nitrogens is 1. The van der Waals surface area contributed by atoms with Crippen LogP contribution in [0.2, 0.25) is 0 Å². The van der Waals surface area contributed by atoms with Crippen LogP contribution >= 0.6 is 11.8 Å². The molecule has 0 aliphatic carbocycles. The Labute approximate surface area is 142 Å². The summed E-state index contributed by atoms with van der Waals surface area (Å²) < 4.78 is 5.77. The van der Waals surface area contributed by atoms with Gasteiger partial charge in [-0.25, -0.2) is 4.98 Å². The molecule has 0 aliphatic heterocycles. The van der Waals surface area contributed by atoms with Gasteiger partial charge in [-0.05, 0) is 32.4 Å². The van der Waals surface area contributed by atoms with Crippen LogP contribution in [0.25, 0.3) is 11.5 Å². The molecule has 0 saturated heterocycles. The maximum absolute atomic E-state index is 11.7. The molecule has 0 radical (unpaired) electrons. The largest absolute Gasteiger partial charge is 0.441 e. The first-order valence-corrected chi connectivity index (χ1v) is 9.13. The summed E-state index contributed by atoms with van der Waals surface area (Å²) in [5, 5.41) is 2.92. The van der Waals surface area contributed by atoms with E-state index < -0.39 is 0 Å². The van der Waals surface area contributed by atoms with Crippen molar-refractivity contribution in [3.05, 3.63) is 41.3 Å². The molecule has 1 amide bonds. The number of carbonyl (C=O) groups excluding carboxylic acids is 1. The zero-order valence-electron chi connectivity index (χ0n) is 14.0. The molecule has 0 bridgehead atoms. The lowest BCUT2D eigenvalue weighted by atomic mass is 10.1. The lowest BCUT2D eigenvalue weighted by Crippen LogP contribution is -2.26. The van der Waals surface area contributed by atoms with E-state index in [1.165, 1.54) is 5.56 Å². The lowest BCUT2D eigenvalue weighted by molar-refractivity contribution is -0.118. The van der Waals surface area contributed by atoms with Crippen molar-refractivity contribution >= 4 is 17.7 Å². The Hall–Kier alpha value is -1.75. The summed E-state index contributed by atoms with van der Waals surface area (Å²) in [5.74, 6) is 2.69. The SMILES string of the molecule is CCCCNC(=O)CSCc1nc(-c2cccc(C)c2)oc1C. The summed E-state index contributed by atoms with van der Waals surface area (Å²) in [5.41, 5.74) is 3.08. The van der Waals surface area contributed by atoms with Crippen molar-refractivity contribution in [3.8, 4) is 11.5 Å². The summed E-state index contributed by atoms with van der Waals surface area (Å²) in [4.78, 5) is 16.3.